The molecule has 0 aliphatic carbocycles. The van der Waals surface area contributed by atoms with Gasteiger partial charge in [0, 0.05) is 19.3 Å². The Hall–Kier alpha value is -1.81. The van der Waals surface area contributed by atoms with Crippen molar-refractivity contribution in [1.82, 2.24) is 10.3 Å². The van der Waals surface area contributed by atoms with Gasteiger partial charge in [0.25, 0.3) is 0 Å². The minimum absolute atomic E-state index is 0.730. The molecule has 0 aliphatic heterocycles. The second-order valence-corrected chi connectivity index (χ2v) is 4.89. The Kier molecular flexibility index (Phi) is 5.18. The lowest BCUT2D eigenvalue weighted by molar-refractivity contribution is 0.507. The molecule has 2 rings (SSSR count). The number of aromatic nitrogens is 1. The van der Waals surface area contributed by atoms with Gasteiger partial charge in [0.15, 0.2) is 0 Å². The topological polar surface area (TPSA) is 41.3 Å². The van der Waals surface area contributed by atoms with Gasteiger partial charge in [-0.15, -0.1) is 0 Å². The molecule has 20 heavy (non-hydrogen) atoms. The molecule has 0 atom stereocenters. The maximum atomic E-state index is 5.40. The Bertz CT molecular complexity index is 523. The summed E-state index contributed by atoms with van der Waals surface area (Å²) in [6.07, 6.45) is 2.65. The number of hydrogen-bond acceptors (Lipinski definition) is 4. The first-order chi connectivity index (χ1) is 9.72. The molecule has 0 aliphatic rings. The van der Waals surface area contributed by atoms with Crippen LogP contribution < -0.4 is 10.2 Å². The third kappa shape index (κ3) is 3.84. The van der Waals surface area contributed by atoms with Crippen LogP contribution in [-0.2, 0) is 19.5 Å². The van der Waals surface area contributed by atoms with Gasteiger partial charge in [0.1, 0.15) is 11.6 Å². The molecule has 0 aromatic carbocycles. The fourth-order valence-electron chi connectivity index (χ4n) is 2.10. The number of nitrogens with zero attached hydrogens (tertiary/aromatic N) is 2. The van der Waals surface area contributed by atoms with E-state index in [0.717, 1.165) is 43.3 Å². The van der Waals surface area contributed by atoms with Crippen LogP contribution in [0.5, 0.6) is 0 Å². The van der Waals surface area contributed by atoms with Crippen molar-refractivity contribution in [3.8, 4) is 0 Å². The average Bonchev–Trinajstić information content (AvgIpc) is 2.97. The van der Waals surface area contributed by atoms with Gasteiger partial charge in [0.05, 0.1) is 12.8 Å². The van der Waals surface area contributed by atoms with Crippen LogP contribution in [-0.4, -0.2) is 18.6 Å². The number of aryl methyl sites for hydroxylation is 1. The molecular weight excluding hydrogens is 250 g/mol. The molecule has 4 nitrogen and oxygen atoms in total. The summed E-state index contributed by atoms with van der Waals surface area (Å²) in [4.78, 5) is 6.82. The van der Waals surface area contributed by atoms with E-state index in [1.807, 2.05) is 19.2 Å². The van der Waals surface area contributed by atoms with Gasteiger partial charge in [0.2, 0.25) is 0 Å². The van der Waals surface area contributed by atoms with Crippen molar-refractivity contribution in [3.63, 3.8) is 0 Å². The molecule has 2 heterocycles. The minimum Gasteiger partial charge on any atom is -0.467 e. The molecule has 0 bridgehead atoms. The lowest BCUT2D eigenvalue weighted by atomic mass is 10.2. The van der Waals surface area contributed by atoms with E-state index in [9.17, 15) is 0 Å². The quantitative estimate of drug-likeness (QED) is 0.842. The van der Waals surface area contributed by atoms with Crippen molar-refractivity contribution < 1.29 is 4.42 Å². The van der Waals surface area contributed by atoms with E-state index < -0.39 is 0 Å². The van der Waals surface area contributed by atoms with Crippen molar-refractivity contribution in [2.75, 3.05) is 18.5 Å². The summed E-state index contributed by atoms with van der Waals surface area (Å²) in [6, 6.07) is 8.22. The Morgan fingerprint density at radius 1 is 1.30 bits per heavy atom. The van der Waals surface area contributed by atoms with E-state index in [-0.39, 0.29) is 0 Å². The maximum absolute atomic E-state index is 5.40. The first-order valence-electron chi connectivity index (χ1n) is 7.17. The summed E-state index contributed by atoms with van der Waals surface area (Å²) < 4.78 is 5.40. The monoisotopic (exact) mass is 273 g/mol. The van der Waals surface area contributed by atoms with Gasteiger partial charge in [-0.05, 0) is 42.8 Å². The van der Waals surface area contributed by atoms with Crippen molar-refractivity contribution in [3.05, 3.63) is 47.5 Å². The SMILES string of the molecule is CCNCc1cc(CC)nc(N(C)Cc2ccco2)c1. The first-order valence-corrected chi connectivity index (χ1v) is 7.17. The summed E-state index contributed by atoms with van der Waals surface area (Å²) in [5, 5.41) is 3.36. The van der Waals surface area contributed by atoms with E-state index in [1.54, 1.807) is 6.26 Å². The van der Waals surface area contributed by atoms with E-state index in [0.29, 0.717) is 0 Å². The summed E-state index contributed by atoms with van der Waals surface area (Å²) in [6.45, 7) is 6.84. The number of hydrogen-bond donors (Lipinski definition) is 1. The van der Waals surface area contributed by atoms with Crippen LogP contribution in [0.25, 0.3) is 0 Å². The predicted molar refractivity (Wildman–Crippen MR) is 81.8 cm³/mol. The molecule has 0 spiro atoms. The molecule has 0 saturated heterocycles. The fourth-order valence-corrected chi connectivity index (χ4v) is 2.10. The highest BCUT2D eigenvalue weighted by atomic mass is 16.3. The minimum atomic E-state index is 0.730. The van der Waals surface area contributed by atoms with Gasteiger partial charge >= 0.3 is 0 Å². The molecule has 0 fully saturated rings. The summed E-state index contributed by atoms with van der Waals surface area (Å²) in [5.41, 5.74) is 2.40. The number of pyridine rings is 1. The van der Waals surface area contributed by atoms with Crippen LogP contribution in [0.15, 0.2) is 34.9 Å². The molecule has 108 valence electrons. The average molecular weight is 273 g/mol. The summed E-state index contributed by atoms with van der Waals surface area (Å²) >= 11 is 0. The highest BCUT2D eigenvalue weighted by Gasteiger charge is 2.08. The molecule has 0 radical (unpaired) electrons. The smallest absolute Gasteiger partial charge is 0.129 e. The Morgan fingerprint density at radius 2 is 2.15 bits per heavy atom. The second kappa shape index (κ2) is 7.10. The Morgan fingerprint density at radius 3 is 2.80 bits per heavy atom. The molecule has 0 amide bonds. The largest absolute Gasteiger partial charge is 0.467 e. The zero-order chi connectivity index (χ0) is 14.4. The van der Waals surface area contributed by atoms with Crippen molar-refractivity contribution in [1.29, 1.82) is 0 Å². The van der Waals surface area contributed by atoms with E-state index in [4.69, 9.17) is 9.40 Å². The summed E-state index contributed by atoms with van der Waals surface area (Å²) in [5.74, 6) is 1.94. The van der Waals surface area contributed by atoms with Crippen molar-refractivity contribution in [2.24, 2.45) is 0 Å². The normalized spacial score (nSPS) is 10.8. The molecule has 4 heteroatoms. The van der Waals surface area contributed by atoms with Crippen molar-refractivity contribution in [2.45, 2.75) is 33.4 Å². The van der Waals surface area contributed by atoms with Gasteiger partial charge in [-0.1, -0.05) is 13.8 Å². The van der Waals surface area contributed by atoms with E-state index in [1.165, 1.54) is 5.56 Å². The second-order valence-electron chi connectivity index (χ2n) is 4.89. The third-order valence-electron chi connectivity index (χ3n) is 3.23. The van der Waals surface area contributed by atoms with Crippen LogP contribution >= 0.6 is 0 Å². The standard InChI is InChI=1S/C16H23N3O/c1-4-14-9-13(11-17-5-2)10-16(18-14)19(3)12-15-7-6-8-20-15/h6-10,17H,4-5,11-12H2,1-3H3. The van der Waals surface area contributed by atoms with E-state index in [2.05, 4.69) is 36.2 Å². The molecule has 1 N–H and O–H groups in total. The Labute approximate surface area is 120 Å². The van der Waals surface area contributed by atoms with Crippen molar-refractivity contribution >= 4 is 5.82 Å². The molecule has 2 aromatic rings. The molecule has 0 unspecified atom stereocenters. The van der Waals surface area contributed by atoms with Crippen LogP contribution in [0, 0.1) is 0 Å². The fraction of sp³-hybridized carbons (Fsp3) is 0.438. The van der Waals surface area contributed by atoms with Crippen LogP contribution in [0.2, 0.25) is 0 Å². The number of furan rings is 1. The van der Waals surface area contributed by atoms with Gasteiger partial charge < -0.3 is 14.6 Å². The summed E-state index contributed by atoms with van der Waals surface area (Å²) in [7, 11) is 2.04. The van der Waals surface area contributed by atoms with Crippen LogP contribution in [0.1, 0.15) is 30.9 Å². The first kappa shape index (κ1) is 14.6. The lowest BCUT2D eigenvalue weighted by Gasteiger charge is -2.19. The van der Waals surface area contributed by atoms with Gasteiger partial charge in [-0.2, -0.15) is 0 Å². The van der Waals surface area contributed by atoms with Crippen LogP contribution in [0.4, 0.5) is 5.82 Å². The highest BCUT2D eigenvalue weighted by Crippen LogP contribution is 2.17. The number of anilines is 1. The van der Waals surface area contributed by atoms with Crippen LogP contribution in [0.3, 0.4) is 0 Å². The van der Waals surface area contributed by atoms with Gasteiger partial charge in [-0.25, -0.2) is 4.98 Å². The van der Waals surface area contributed by atoms with Gasteiger partial charge in [-0.3, -0.25) is 0 Å². The zero-order valence-electron chi connectivity index (χ0n) is 12.5. The molecule has 0 saturated carbocycles. The maximum Gasteiger partial charge on any atom is 0.129 e. The predicted octanol–water partition coefficient (Wildman–Crippen LogP) is 2.98. The lowest BCUT2D eigenvalue weighted by Crippen LogP contribution is -2.19. The van der Waals surface area contributed by atoms with E-state index >= 15 is 0 Å². The third-order valence-corrected chi connectivity index (χ3v) is 3.23. The molecular formula is C16H23N3O. The number of rotatable bonds is 7. The number of nitrogens with one attached hydrogen (secondary N) is 1. The highest BCUT2D eigenvalue weighted by molar-refractivity contribution is 5.42. The Balaban J connectivity index is 2.16. The zero-order valence-corrected chi connectivity index (χ0v) is 12.5. The molecule has 2 aromatic heterocycles.